The number of anilines is 1. The topological polar surface area (TPSA) is 85.4 Å². The number of hydrogen-bond donors (Lipinski definition) is 1. The van der Waals surface area contributed by atoms with Crippen LogP contribution >= 0.6 is 11.6 Å². The van der Waals surface area contributed by atoms with Crippen molar-refractivity contribution in [2.24, 2.45) is 23.7 Å². The lowest BCUT2D eigenvalue weighted by molar-refractivity contribution is -0.133. The number of fused-ring (bicyclic) bond motifs is 5. The van der Waals surface area contributed by atoms with E-state index in [9.17, 15) is 13.8 Å². The summed E-state index contributed by atoms with van der Waals surface area (Å²) in [7, 11) is -2.90. The van der Waals surface area contributed by atoms with Gasteiger partial charge in [0.15, 0.2) is 0 Å². The van der Waals surface area contributed by atoms with E-state index in [-0.39, 0.29) is 28.4 Å². The number of hydrogen-bond acceptors (Lipinski definition) is 7. The van der Waals surface area contributed by atoms with Gasteiger partial charge in [0, 0.05) is 93.1 Å². The largest absolute Gasteiger partial charge is 0.490 e. The van der Waals surface area contributed by atoms with Gasteiger partial charge in [-0.15, -0.1) is 0 Å². The lowest BCUT2D eigenvalue weighted by Gasteiger charge is -2.50. The molecule has 54 heavy (non-hydrogen) atoms. The number of nitrogens with one attached hydrogen (secondary N) is 1. The van der Waals surface area contributed by atoms with E-state index in [1.807, 2.05) is 36.1 Å². The van der Waals surface area contributed by atoms with Crippen molar-refractivity contribution in [1.82, 2.24) is 19.4 Å². The van der Waals surface area contributed by atoms with E-state index in [0.29, 0.717) is 36.0 Å². The zero-order valence-corrected chi connectivity index (χ0v) is 34.1. The quantitative estimate of drug-likeness (QED) is 0.382. The highest BCUT2D eigenvalue weighted by Crippen LogP contribution is 2.48. The highest BCUT2D eigenvalue weighted by atomic mass is 35.5. The molecular formula is C43H60ClN5O4S. The van der Waals surface area contributed by atoms with Gasteiger partial charge >= 0.3 is 0 Å². The lowest BCUT2D eigenvalue weighted by atomic mass is 9.65. The Morgan fingerprint density at radius 3 is 2.65 bits per heavy atom. The molecule has 2 amide bonds. The number of carbonyl (C=O) groups excluding carboxylic acids is 2. The summed E-state index contributed by atoms with van der Waals surface area (Å²) in [6.07, 6.45) is 8.72. The van der Waals surface area contributed by atoms with Crippen molar-refractivity contribution in [2.75, 3.05) is 70.4 Å². The minimum Gasteiger partial charge on any atom is -0.490 e. The number of benzene rings is 2. The molecular weight excluding hydrogens is 718 g/mol. The number of nitrogens with zero attached hydrogens (tertiary/aromatic N) is 4. The monoisotopic (exact) mass is 777 g/mol. The summed E-state index contributed by atoms with van der Waals surface area (Å²) in [6.45, 7) is 15.0. The Hall–Kier alpha value is -2.79. The number of rotatable bonds is 2. The first-order valence-corrected chi connectivity index (χ1v) is 22.8. The predicted molar refractivity (Wildman–Crippen MR) is 219 cm³/mol. The number of piperazine rings is 2. The summed E-state index contributed by atoms with van der Waals surface area (Å²) >= 11 is 6.53. The molecule has 6 aliphatic rings. The van der Waals surface area contributed by atoms with E-state index in [0.717, 1.165) is 114 Å². The third-order valence-electron chi connectivity index (χ3n) is 14.5. The third-order valence-corrected chi connectivity index (χ3v) is 16.9. The number of aryl methyl sites for hydroxylation is 1. The van der Waals surface area contributed by atoms with Crippen LogP contribution in [0.3, 0.4) is 0 Å². The van der Waals surface area contributed by atoms with Crippen LogP contribution in [0, 0.1) is 23.7 Å². The van der Waals surface area contributed by atoms with E-state index < -0.39 is 9.71 Å². The highest BCUT2D eigenvalue weighted by Gasteiger charge is 2.45. The molecule has 1 N–H and O–H groups in total. The van der Waals surface area contributed by atoms with Crippen LogP contribution in [0.15, 0.2) is 36.4 Å². The van der Waals surface area contributed by atoms with Crippen molar-refractivity contribution in [3.05, 3.63) is 58.1 Å². The molecule has 3 fully saturated rings. The third kappa shape index (κ3) is 7.53. The second-order valence-corrected chi connectivity index (χ2v) is 20.6. The van der Waals surface area contributed by atoms with Gasteiger partial charge in [0.25, 0.3) is 5.91 Å². The van der Waals surface area contributed by atoms with E-state index in [1.54, 1.807) is 6.92 Å². The Morgan fingerprint density at radius 1 is 1.02 bits per heavy atom. The minimum atomic E-state index is -2.90. The molecule has 11 heteroatoms. The van der Waals surface area contributed by atoms with E-state index in [1.165, 1.54) is 24.0 Å². The Morgan fingerprint density at radius 2 is 1.85 bits per heavy atom. The number of carbonyl (C=O) groups is 2. The van der Waals surface area contributed by atoms with Gasteiger partial charge in [-0.25, -0.2) is 4.21 Å². The van der Waals surface area contributed by atoms with Gasteiger partial charge in [-0.3, -0.25) is 19.2 Å². The summed E-state index contributed by atoms with van der Waals surface area (Å²) in [5, 5.41) is 0.521. The fourth-order valence-electron chi connectivity index (χ4n) is 10.8. The normalized spacial score (nSPS) is 35.1. The van der Waals surface area contributed by atoms with Crippen molar-refractivity contribution >= 4 is 44.7 Å². The summed E-state index contributed by atoms with van der Waals surface area (Å²) in [6, 6.07) is 12.5. The maximum Gasteiger partial charge on any atom is 0.262 e. The van der Waals surface area contributed by atoms with Gasteiger partial charge in [-0.05, 0) is 123 Å². The van der Waals surface area contributed by atoms with E-state index in [2.05, 4.69) is 44.3 Å². The molecule has 2 bridgehead atoms. The maximum atomic E-state index is 14.1. The molecule has 294 valence electrons. The SMILES string of the molecule is C=S1(=O)NC(=O)c2ccc3c(c2)N(C[C@@H]2CC[C@H]2[C@H](CN2CCN4CCN(C(C)=O)C[C@@H]4C2)CCC[C@H](C)[C@H]1C)C[C@@]1(CCCc2cc(Cl)ccc21)CO3. The maximum absolute atomic E-state index is 14.1. The van der Waals surface area contributed by atoms with Gasteiger partial charge in [-0.2, -0.15) is 0 Å². The molecule has 9 nitrogen and oxygen atoms in total. The Bertz CT molecular complexity index is 1860. The molecule has 8 atom stereocenters. The molecule has 4 aliphatic heterocycles. The predicted octanol–water partition coefficient (Wildman–Crippen LogP) is 5.87. The molecule has 1 unspecified atom stereocenters. The van der Waals surface area contributed by atoms with Gasteiger partial charge in [0.05, 0.1) is 22.0 Å². The van der Waals surface area contributed by atoms with Crippen LogP contribution in [0.25, 0.3) is 0 Å². The van der Waals surface area contributed by atoms with Crippen LogP contribution in [-0.2, 0) is 26.3 Å². The number of halogens is 1. The summed E-state index contributed by atoms with van der Waals surface area (Å²) in [5.74, 6) is 6.61. The summed E-state index contributed by atoms with van der Waals surface area (Å²) in [4.78, 5) is 36.0. The molecule has 8 rings (SSSR count). The van der Waals surface area contributed by atoms with Gasteiger partial charge in [0.1, 0.15) is 5.75 Å². The molecule has 1 spiro atoms. The van der Waals surface area contributed by atoms with Crippen LogP contribution in [0.4, 0.5) is 5.69 Å². The molecule has 2 saturated heterocycles. The van der Waals surface area contributed by atoms with Gasteiger partial charge in [-0.1, -0.05) is 31.0 Å². The molecule has 1 saturated carbocycles. The molecule has 4 heterocycles. The second-order valence-electron chi connectivity index (χ2n) is 17.7. The van der Waals surface area contributed by atoms with Crippen LogP contribution in [0.1, 0.15) is 87.2 Å². The lowest BCUT2D eigenvalue weighted by Crippen LogP contribution is -2.63. The average molecular weight is 779 g/mol. The van der Waals surface area contributed by atoms with Crippen LogP contribution in [0.5, 0.6) is 5.75 Å². The molecule has 2 aliphatic carbocycles. The standard InChI is InChI=1S/C43H60ClN5O4S/c1-29-7-5-8-34(23-46-17-18-47-19-20-48(31(3)50)26-37(47)25-46)38-13-10-35(38)24-49-27-43(16-6-9-32-21-36(44)12-14-39(32)43)28-53-41-15-11-33(22-40(41)49)42(51)45-54(4,52)30(29)2/h11-12,14-15,21-22,29-30,34-35,37-38H,4-10,13,16-20,23-28H2,1-3H3,(H,45,51,52)/t29-,30+,34-,35-,37-,38-,43-,54?/m0/s1. The van der Waals surface area contributed by atoms with Gasteiger partial charge < -0.3 is 19.4 Å². The first-order chi connectivity index (χ1) is 25.9. The van der Waals surface area contributed by atoms with Crippen molar-refractivity contribution in [3.8, 4) is 5.75 Å². The van der Waals surface area contributed by atoms with Crippen molar-refractivity contribution in [3.63, 3.8) is 0 Å². The summed E-state index contributed by atoms with van der Waals surface area (Å²) < 4.78 is 23.7. The van der Waals surface area contributed by atoms with Crippen molar-refractivity contribution in [1.29, 1.82) is 0 Å². The molecule has 2 aromatic carbocycles. The Labute approximate surface area is 328 Å². The molecule has 0 radical (unpaired) electrons. The zero-order chi connectivity index (χ0) is 37.8. The van der Waals surface area contributed by atoms with Crippen molar-refractivity contribution in [2.45, 2.75) is 88.8 Å². The fourth-order valence-corrected chi connectivity index (χ4v) is 12.5. The van der Waals surface area contributed by atoms with Crippen LogP contribution in [0.2, 0.25) is 5.02 Å². The van der Waals surface area contributed by atoms with E-state index >= 15 is 0 Å². The smallest absolute Gasteiger partial charge is 0.262 e. The zero-order valence-electron chi connectivity index (χ0n) is 32.6. The summed E-state index contributed by atoms with van der Waals surface area (Å²) in [5.41, 5.74) is 3.90. The molecule has 2 aromatic rings. The average Bonchev–Trinajstić information content (AvgIpc) is 3.28. The van der Waals surface area contributed by atoms with Crippen molar-refractivity contribution < 1.29 is 18.5 Å². The Kier molecular flexibility index (Phi) is 10.8. The minimum absolute atomic E-state index is 0.157. The molecule has 0 aromatic heterocycles. The first-order valence-electron chi connectivity index (χ1n) is 20.6. The highest BCUT2D eigenvalue weighted by molar-refractivity contribution is 7.99. The Balaban J connectivity index is 1.12. The van der Waals surface area contributed by atoms with Crippen LogP contribution in [-0.4, -0.2) is 113 Å². The van der Waals surface area contributed by atoms with E-state index in [4.69, 9.17) is 16.3 Å². The second kappa shape index (κ2) is 15.3. The number of amides is 2. The van der Waals surface area contributed by atoms with Crippen LogP contribution < -0.4 is 14.4 Å². The number of ether oxygens (including phenoxy) is 1. The fraction of sp³-hybridized carbons (Fsp3) is 0.651. The van der Waals surface area contributed by atoms with Gasteiger partial charge in [0.2, 0.25) is 5.91 Å². The first kappa shape index (κ1) is 38.1.